The van der Waals surface area contributed by atoms with E-state index < -0.39 is 4.92 Å². The molecule has 9 nitrogen and oxygen atoms in total. The van der Waals surface area contributed by atoms with Gasteiger partial charge in [-0.15, -0.1) is 0 Å². The third kappa shape index (κ3) is 5.33. The van der Waals surface area contributed by atoms with Crippen molar-refractivity contribution in [2.24, 2.45) is 11.7 Å². The lowest BCUT2D eigenvalue weighted by molar-refractivity contribution is -0.384. The number of pyridine rings is 1. The molecular formula is C18H25N7O2. The van der Waals surface area contributed by atoms with Crippen molar-refractivity contribution in [1.29, 1.82) is 0 Å². The summed E-state index contributed by atoms with van der Waals surface area (Å²) in [7, 11) is 0. The summed E-state index contributed by atoms with van der Waals surface area (Å²) < 4.78 is 0. The molecule has 0 saturated heterocycles. The Morgan fingerprint density at radius 1 is 1.22 bits per heavy atom. The lowest BCUT2D eigenvalue weighted by Crippen LogP contribution is -2.29. The largest absolute Gasteiger partial charge is 0.364 e. The summed E-state index contributed by atoms with van der Waals surface area (Å²) in [6, 6.07) is 2.29. The third-order valence-corrected chi connectivity index (χ3v) is 4.80. The van der Waals surface area contributed by atoms with Crippen molar-refractivity contribution >= 4 is 17.5 Å². The predicted molar refractivity (Wildman–Crippen MR) is 103 cm³/mol. The molecule has 1 saturated carbocycles. The summed E-state index contributed by atoms with van der Waals surface area (Å²) in [5.41, 5.74) is 7.87. The van der Waals surface area contributed by atoms with E-state index in [0.29, 0.717) is 25.0 Å². The summed E-state index contributed by atoms with van der Waals surface area (Å²) >= 11 is 0. The van der Waals surface area contributed by atoms with E-state index in [4.69, 9.17) is 5.73 Å². The van der Waals surface area contributed by atoms with Gasteiger partial charge in [-0.25, -0.2) is 4.98 Å². The summed E-state index contributed by atoms with van der Waals surface area (Å²) in [6.45, 7) is 3.11. The monoisotopic (exact) mass is 371 g/mol. The number of hydrogen-bond donors (Lipinski definition) is 3. The maximum absolute atomic E-state index is 11.3. The van der Waals surface area contributed by atoms with E-state index in [2.05, 4.69) is 25.6 Å². The Hall–Kier alpha value is -2.81. The maximum Gasteiger partial charge on any atom is 0.329 e. The average Bonchev–Trinajstić information content (AvgIpc) is 2.66. The van der Waals surface area contributed by atoms with Gasteiger partial charge in [0, 0.05) is 31.5 Å². The highest BCUT2D eigenvalue weighted by Gasteiger charge is 2.21. The van der Waals surface area contributed by atoms with E-state index in [1.807, 2.05) is 13.0 Å². The Bertz CT molecular complexity index is 791. The number of rotatable bonds is 7. The summed E-state index contributed by atoms with van der Waals surface area (Å²) in [4.78, 5) is 23.3. The van der Waals surface area contributed by atoms with Gasteiger partial charge in [-0.3, -0.25) is 15.1 Å². The van der Waals surface area contributed by atoms with Crippen LogP contribution in [-0.2, 0) is 6.54 Å². The fourth-order valence-electron chi connectivity index (χ4n) is 3.25. The molecule has 4 N–H and O–H groups in total. The van der Waals surface area contributed by atoms with Gasteiger partial charge in [0.25, 0.3) is 0 Å². The van der Waals surface area contributed by atoms with Crippen molar-refractivity contribution in [3.8, 4) is 0 Å². The predicted octanol–water partition coefficient (Wildman–Crippen LogP) is 2.63. The first kappa shape index (κ1) is 19.0. The Kier molecular flexibility index (Phi) is 6.12. The summed E-state index contributed by atoms with van der Waals surface area (Å²) in [5.74, 6) is 1.04. The molecule has 1 aliphatic rings. The highest BCUT2D eigenvalue weighted by Crippen LogP contribution is 2.26. The van der Waals surface area contributed by atoms with Gasteiger partial charge in [0.2, 0.25) is 11.8 Å². The number of nitro groups is 1. The molecule has 1 fully saturated rings. The Morgan fingerprint density at radius 2 is 2.00 bits per heavy atom. The number of nitrogens with two attached hydrogens (primary N) is 1. The van der Waals surface area contributed by atoms with Crippen LogP contribution in [0, 0.1) is 23.0 Å². The standard InChI is InChI=1S/C18H25N7O2/c1-12-6-14(8-20-7-12)10-22-18-23-11-16(25(26)27)17(24-18)21-9-13-2-4-15(19)5-3-13/h6-8,11,13,15H,2-5,9-10,19H2,1H3,(H2,21,22,23,24). The van der Waals surface area contributed by atoms with Gasteiger partial charge >= 0.3 is 5.69 Å². The van der Waals surface area contributed by atoms with Crippen LogP contribution in [0.2, 0.25) is 0 Å². The van der Waals surface area contributed by atoms with Gasteiger partial charge in [0.05, 0.1) is 4.92 Å². The van der Waals surface area contributed by atoms with Crippen LogP contribution in [0.15, 0.2) is 24.7 Å². The smallest absolute Gasteiger partial charge is 0.329 e. The molecule has 144 valence electrons. The lowest BCUT2D eigenvalue weighted by atomic mass is 9.86. The van der Waals surface area contributed by atoms with E-state index in [-0.39, 0.29) is 17.5 Å². The Morgan fingerprint density at radius 3 is 2.70 bits per heavy atom. The first-order valence-electron chi connectivity index (χ1n) is 9.16. The van der Waals surface area contributed by atoms with Gasteiger partial charge in [0.15, 0.2) is 0 Å². The SMILES string of the molecule is Cc1cncc(CNc2ncc([N+](=O)[O-])c(NCC3CCC(N)CC3)n2)c1. The number of nitrogens with zero attached hydrogens (tertiary/aromatic N) is 4. The van der Waals surface area contributed by atoms with E-state index in [1.54, 1.807) is 12.4 Å². The molecule has 2 heterocycles. The quantitative estimate of drug-likeness (QED) is 0.500. The summed E-state index contributed by atoms with van der Waals surface area (Å²) in [6.07, 6.45) is 8.83. The molecule has 27 heavy (non-hydrogen) atoms. The molecule has 9 heteroatoms. The van der Waals surface area contributed by atoms with Gasteiger partial charge in [-0.05, 0) is 49.7 Å². The van der Waals surface area contributed by atoms with Crippen molar-refractivity contribution in [2.75, 3.05) is 17.2 Å². The molecule has 0 aliphatic heterocycles. The molecule has 0 spiro atoms. The highest BCUT2D eigenvalue weighted by atomic mass is 16.6. The average molecular weight is 371 g/mol. The normalized spacial score (nSPS) is 19.5. The van der Waals surface area contributed by atoms with Crippen LogP contribution in [0.1, 0.15) is 36.8 Å². The van der Waals surface area contributed by atoms with Crippen LogP contribution in [-0.4, -0.2) is 32.5 Å². The lowest BCUT2D eigenvalue weighted by Gasteiger charge is -2.26. The zero-order chi connectivity index (χ0) is 19.2. The van der Waals surface area contributed by atoms with Crippen molar-refractivity contribution in [2.45, 2.75) is 45.2 Å². The minimum absolute atomic E-state index is 0.120. The maximum atomic E-state index is 11.3. The first-order valence-corrected chi connectivity index (χ1v) is 9.16. The molecule has 2 aromatic rings. The summed E-state index contributed by atoms with van der Waals surface area (Å²) in [5, 5.41) is 17.5. The van der Waals surface area contributed by atoms with E-state index in [9.17, 15) is 10.1 Å². The van der Waals surface area contributed by atoms with E-state index in [1.165, 1.54) is 6.20 Å². The second-order valence-electron chi connectivity index (χ2n) is 7.07. The fraction of sp³-hybridized carbons (Fsp3) is 0.500. The minimum atomic E-state index is -0.465. The van der Waals surface area contributed by atoms with Crippen molar-refractivity contribution in [3.05, 3.63) is 45.9 Å². The van der Waals surface area contributed by atoms with E-state index in [0.717, 1.165) is 36.8 Å². The second kappa shape index (κ2) is 8.72. The van der Waals surface area contributed by atoms with Crippen LogP contribution >= 0.6 is 0 Å². The molecule has 0 radical (unpaired) electrons. The zero-order valence-corrected chi connectivity index (χ0v) is 15.4. The van der Waals surface area contributed by atoms with Crippen LogP contribution < -0.4 is 16.4 Å². The highest BCUT2D eigenvalue weighted by molar-refractivity contribution is 5.57. The van der Waals surface area contributed by atoms with Gasteiger partial charge in [0.1, 0.15) is 6.20 Å². The van der Waals surface area contributed by atoms with Crippen molar-refractivity contribution < 1.29 is 4.92 Å². The molecule has 0 unspecified atom stereocenters. The third-order valence-electron chi connectivity index (χ3n) is 4.80. The Labute approximate surface area is 158 Å². The fourth-order valence-corrected chi connectivity index (χ4v) is 3.25. The molecule has 0 atom stereocenters. The molecule has 2 aromatic heterocycles. The number of aromatic nitrogens is 3. The second-order valence-corrected chi connectivity index (χ2v) is 7.07. The molecule has 0 bridgehead atoms. The minimum Gasteiger partial charge on any atom is -0.364 e. The van der Waals surface area contributed by atoms with Gasteiger partial charge < -0.3 is 16.4 Å². The van der Waals surface area contributed by atoms with Crippen LogP contribution in [0.4, 0.5) is 17.5 Å². The molecule has 0 aromatic carbocycles. The number of hydrogen-bond acceptors (Lipinski definition) is 8. The topological polar surface area (TPSA) is 132 Å². The molecular weight excluding hydrogens is 346 g/mol. The number of anilines is 2. The van der Waals surface area contributed by atoms with Gasteiger partial charge in [-0.1, -0.05) is 6.07 Å². The Balaban J connectivity index is 1.65. The van der Waals surface area contributed by atoms with E-state index >= 15 is 0 Å². The van der Waals surface area contributed by atoms with Crippen LogP contribution in [0.3, 0.4) is 0 Å². The molecule has 0 amide bonds. The molecule has 1 aliphatic carbocycles. The zero-order valence-electron chi connectivity index (χ0n) is 15.4. The van der Waals surface area contributed by atoms with Crippen molar-refractivity contribution in [3.63, 3.8) is 0 Å². The molecule has 3 rings (SSSR count). The van der Waals surface area contributed by atoms with Crippen molar-refractivity contribution in [1.82, 2.24) is 15.0 Å². The van der Waals surface area contributed by atoms with Crippen LogP contribution in [0.25, 0.3) is 0 Å². The first-order chi connectivity index (χ1) is 13.0. The number of aryl methyl sites for hydroxylation is 1. The number of nitrogens with one attached hydrogen (secondary N) is 2. The van der Waals surface area contributed by atoms with Crippen LogP contribution in [0.5, 0.6) is 0 Å². The van der Waals surface area contributed by atoms with Gasteiger partial charge in [-0.2, -0.15) is 4.98 Å².